The summed E-state index contributed by atoms with van der Waals surface area (Å²) in [6.45, 7) is 0. The maximum atomic E-state index is 2.53. The van der Waals surface area contributed by atoms with Crippen LogP contribution in [0.25, 0.3) is 106 Å². The van der Waals surface area contributed by atoms with Crippen LogP contribution in [0.3, 0.4) is 0 Å². The summed E-state index contributed by atoms with van der Waals surface area (Å²) in [6.07, 6.45) is 0. The van der Waals surface area contributed by atoms with Gasteiger partial charge in [-0.3, -0.25) is 0 Å². The van der Waals surface area contributed by atoms with Crippen LogP contribution in [0.15, 0.2) is 237 Å². The van der Waals surface area contributed by atoms with Crippen LogP contribution in [-0.4, -0.2) is 0 Å². The highest BCUT2D eigenvalue weighted by Gasteiger charge is 2.24. The second-order valence-corrected chi connectivity index (χ2v) is 18.9. The van der Waals surface area contributed by atoms with Gasteiger partial charge in [-0.05, 0) is 109 Å². The first-order chi connectivity index (χ1) is 32.2. The van der Waals surface area contributed by atoms with Crippen molar-refractivity contribution in [3.05, 3.63) is 237 Å². The van der Waals surface area contributed by atoms with Gasteiger partial charge in [0, 0.05) is 41.3 Å². The van der Waals surface area contributed by atoms with Gasteiger partial charge in [0.05, 0.1) is 16.1 Å². The molecular formula is C62H39NS2. The van der Waals surface area contributed by atoms with Gasteiger partial charge in [0.1, 0.15) is 0 Å². The summed E-state index contributed by atoms with van der Waals surface area (Å²) in [4.78, 5) is 2.53. The maximum absolute atomic E-state index is 2.53. The summed E-state index contributed by atoms with van der Waals surface area (Å²) < 4.78 is 5.12. The summed E-state index contributed by atoms with van der Waals surface area (Å²) in [5.41, 5.74) is 13.2. The first-order valence-corrected chi connectivity index (χ1v) is 23.8. The molecule has 0 saturated heterocycles. The SMILES string of the molecule is c1ccc(-c2ccc3c(c2)sc2c(N(c4ccc(-c5ccc6c(ccc7ccccc76)c5)cc4)c4ccc(-c5ccccc5)c5sc6cc(-c7ccccc7)ccc6c45)cccc23)cc1. The van der Waals surface area contributed by atoms with Crippen molar-refractivity contribution in [3.63, 3.8) is 0 Å². The quantitative estimate of drug-likeness (QED) is 0.144. The average Bonchev–Trinajstić information content (AvgIpc) is 3.96. The Morgan fingerprint density at radius 2 is 0.800 bits per heavy atom. The summed E-state index contributed by atoms with van der Waals surface area (Å²) in [5.74, 6) is 0. The molecule has 0 N–H and O–H groups in total. The van der Waals surface area contributed by atoms with Crippen LogP contribution >= 0.6 is 22.7 Å². The zero-order valence-electron chi connectivity index (χ0n) is 35.3. The number of anilines is 3. The Kier molecular flexibility index (Phi) is 8.97. The lowest BCUT2D eigenvalue weighted by Gasteiger charge is -2.28. The summed E-state index contributed by atoms with van der Waals surface area (Å²) in [7, 11) is 0. The van der Waals surface area contributed by atoms with E-state index in [2.05, 4.69) is 241 Å². The van der Waals surface area contributed by atoms with E-state index >= 15 is 0 Å². The van der Waals surface area contributed by atoms with Crippen molar-refractivity contribution in [3.8, 4) is 44.5 Å². The van der Waals surface area contributed by atoms with Crippen molar-refractivity contribution in [2.45, 2.75) is 0 Å². The Balaban J connectivity index is 1.03. The molecule has 0 aliphatic carbocycles. The molecule has 0 fully saturated rings. The number of fused-ring (bicyclic) bond motifs is 9. The van der Waals surface area contributed by atoms with Gasteiger partial charge >= 0.3 is 0 Å². The van der Waals surface area contributed by atoms with E-state index in [0.717, 1.165) is 5.69 Å². The lowest BCUT2D eigenvalue weighted by Crippen LogP contribution is -2.10. The number of benzene rings is 11. The predicted molar refractivity (Wildman–Crippen MR) is 284 cm³/mol. The molecular weight excluding hydrogens is 823 g/mol. The van der Waals surface area contributed by atoms with E-state index in [1.54, 1.807) is 0 Å². The second-order valence-electron chi connectivity index (χ2n) is 16.8. The van der Waals surface area contributed by atoms with Crippen LogP contribution in [0.5, 0.6) is 0 Å². The zero-order valence-corrected chi connectivity index (χ0v) is 36.9. The normalized spacial score (nSPS) is 11.7. The fourth-order valence-corrected chi connectivity index (χ4v) is 12.4. The molecule has 304 valence electrons. The molecule has 0 amide bonds. The molecule has 11 aromatic carbocycles. The number of rotatable bonds is 7. The molecule has 2 heterocycles. The molecule has 0 aliphatic rings. The lowest BCUT2D eigenvalue weighted by atomic mass is 9.97. The fourth-order valence-electron chi connectivity index (χ4n) is 9.88. The first kappa shape index (κ1) is 37.7. The smallest absolute Gasteiger partial charge is 0.0640 e. The van der Waals surface area contributed by atoms with Crippen LogP contribution in [-0.2, 0) is 0 Å². The number of nitrogens with zero attached hydrogens (tertiary/aromatic N) is 1. The third-order valence-corrected chi connectivity index (χ3v) is 15.4. The molecule has 0 aliphatic heterocycles. The topological polar surface area (TPSA) is 3.24 Å². The molecule has 13 aromatic rings. The van der Waals surface area contributed by atoms with E-state index in [1.165, 1.54) is 118 Å². The Morgan fingerprint density at radius 1 is 0.277 bits per heavy atom. The van der Waals surface area contributed by atoms with Gasteiger partial charge in [0.15, 0.2) is 0 Å². The van der Waals surface area contributed by atoms with Crippen molar-refractivity contribution >= 4 is 102 Å². The van der Waals surface area contributed by atoms with Crippen LogP contribution in [0, 0.1) is 0 Å². The van der Waals surface area contributed by atoms with Crippen LogP contribution in [0.1, 0.15) is 0 Å². The molecule has 0 spiro atoms. The third kappa shape index (κ3) is 6.43. The summed E-state index contributed by atoms with van der Waals surface area (Å²) >= 11 is 3.79. The number of hydrogen-bond donors (Lipinski definition) is 0. The highest BCUT2D eigenvalue weighted by atomic mass is 32.1. The van der Waals surface area contributed by atoms with E-state index in [1.807, 2.05) is 22.7 Å². The van der Waals surface area contributed by atoms with E-state index in [4.69, 9.17) is 0 Å². The Morgan fingerprint density at radius 3 is 1.52 bits per heavy atom. The minimum Gasteiger partial charge on any atom is -0.308 e. The Bertz CT molecular complexity index is 3920. The molecule has 3 heteroatoms. The number of hydrogen-bond acceptors (Lipinski definition) is 3. The molecule has 0 saturated carbocycles. The second kappa shape index (κ2) is 15.5. The molecule has 1 nitrogen and oxygen atoms in total. The Labute approximate surface area is 385 Å². The van der Waals surface area contributed by atoms with Crippen molar-refractivity contribution in [1.82, 2.24) is 0 Å². The fraction of sp³-hybridized carbons (Fsp3) is 0. The van der Waals surface area contributed by atoms with Crippen molar-refractivity contribution in [2.24, 2.45) is 0 Å². The monoisotopic (exact) mass is 861 g/mol. The molecule has 2 aromatic heterocycles. The molecule has 0 unspecified atom stereocenters. The van der Waals surface area contributed by atoms with Gasteiger partial charge in [0.2, 0.25) is 0 Å². The zero-order chi connectivity index (χ0) is 42.8. The van der Waals surface area contributed by atoms with Gasteiger partial charge < -0.3 is 4.90 Å². The summed E-state index contributed by atoms with van der Waals surface area (Å²) in [5, 5.41) is 10.2. The molecule has 65 heavy (non-hydrogen) atoms. The van der Waals surface area contributed by atoms with Crippen molar-refractivity contribution < 1.29 is 0 Å². The van der Waals surface area contributed by atoms with Gasteiger partial charge in [0.25, 0.3) is 0 Å². The molecule has 0 radical (unpaired) electrons. The summed E-state index contributed by atoms with van der Waals surface area (Å²) in [6, 6.07) is 87.2. The van der Waals surface area contributed by atoms with Crippen LogP contribution in [0.4, 0.5) is 17.1 Å². The first-order valence-electron chi connectivity index (χ1n) is 22.1. The van der Waals surface area contributed by atoms with Crippen molar-refractivity contribution in [2.75, 3.05) is 4.90 Å². The standard InChI is InChI=1S/C62H39NS2/c1-4-13-40(14-5-1)46-28-33-53-54-21-12-22-57(61(54)64-58(53)38-46)63(49-30-25-42(26-31-49)45-27-32-51-48(37-45)24-23-44-19-10-11-20-50(44)51)56-36-35-52(43-17-8-3-9-18-43)62-60(56)55-34-29-47(39-59(55)65-62)41-15-6-2-7-16-41/h1-39H. The van der Waals surface area contributed by atoms with E-state index in [-0.39, 0.29) is 0 Å². The largest absolute Gasteiger partial charge is 0.308 e. The molecule has 0 atom stereocenters. The highest BCUT2D eigenvalue weighted by molar-refractivity contribution is 7.27. The van der Waals surface area contributed by atoms with E-state index < -0.39 is 0 Å². The van der Waals surface area contributed by atoms with Gasteiger partial charge in [-0.2, -0.15) is 0 Å². The number of thiophene rings is 2. The van der Waals surface area contributed by atoms with Gasteiger partial charge in [-0.1, -0.05) is 194 Å². The van der Waals surface area contributed by atoms with Crippen molar-refractivity contribution in [1.29, 1.82) is 0 Å². The van der Waals surface area contributed by atoms with E-state index in [9.17, 15) is 0 Å². The van der Waals surface area contributed by atoms with Crippen LogP contribution in [0.2, 0.25) is 0 Å². The molecule has 0 bridgehead atoms. The third-order valence-electron chi connectivity index (χ3n) is 13.1. The Hall–Kier alpha value is -7.82. The minimum absolute atomic E-state index is 1.12. The van der Waals surface area contributed by atoms with Gasteiger partial charge in [-0.25, -0.2) is 0 Å². The lowest BCUT2D eigenvalue weighted by molar-refractivity contribution is 1.32. The van der Waals surface area contributed by atoms with Crippen LogP contribution < -0.4 is 4.90 Å². The maximum Gasteiger partial charge on any atom is 0.0640 e. The average molecular weight is 862 g/mol. The van der Waals surface area contributed by atoms with E-state index in [0.29, 0.717) is 0 Å². The minimum atomic E-state index is 1.12. The predicted octanol–water partition coefficient (Wildman–Crippen LogP) is 18.9. The van der Waals surface area contributed by atoms with Gasteiger partial charge in [-0.15, -0.1) is 22.7 Å². The highest BCUT2D eigenvalue weighted by Crippen LogP contribution is 2.52. The molecule has 13 rings (SSSR count).